The van der Waals surface area contributed by atoms with Crippen LogP contribution in [0, 0.1) is 5.92 Å². The number of hydrogen-bond donors (Lipinski definition) is 1. The number of fused-ring (bicyclic) bond motifs is 1. The molecule has 2 heterocycles. The first-order chi connectivity index (χ1) is 15.1. The zero-order valence-corrected chi connectivity index (χ0v) is 19.8. The van der Waals surface area contributed by atoms with Crippen LogP contribution >= 0.6 is 11.3 Å². The Hall–Kier alpha value is -1.86. The number of thiazole rings is 1. The molecule has 2 aromatic rings. The molecule has 7 heteroatoms. The SMILES string of the molecule is COc1ccc2nc(N3CCC(C(=O)NCCCN(C)C4CCCCC4)CC3)sc2c1. The summed E-state index contributed by atoms with van der Waals surface area (Å²) in [5.74, 6) is 1.22. The Morgan fingerprint density at radius 2 is 2.00 bits per heavy atom. The second-order valence-corrected chi connectivity index (χ2v) is 10.0. The molecule has 1 aromatic carbocycles. The molecule has 4 rings (SSSR count). The molecule has 1 aromatic heterocycles. The van der Waals surface area contributed by atoms with Crippen LogP contribution in [0.4, 0.5) is 5.13 Å². The molecule has 0 unspecified atom stereocenters. The van der Waals surface area contributed by atoms with E-state index in [1.54, 1.807) is 18.4 Å². The van der Waals surface area contributed by atoms with Gasteiger partial charge in [0.1, 0.15) is 5.75 Å². The van der Waals surface area contributed by atoms with E-state index in [1.165, 1.54) is 32.1 Å². The molecule has 0 radical (unpaired) electrons. The Morgan fingerprint density at radius 3 is 2.74 bits per heavy atom. The van der Waals surface area contributed by atoms with Gasteiger partial charge in [0.05, 0.1) is 17.3 Å². The second-order valence-electron chi connectivity index (χ2n) is 9.01. The van der Waals surface area contributed by atoms with Gasteiger partial charge in [-0.1, -0.05) is 30.6 Å². The number of carbonyl (C=O) groups excluding carboxylic acids is 1. The topological polar surface area (TPSA) is 57.7 Å². The predicted molar refractivity (Wildman–Crippen MR) is 128 cm³/mol. The molecule has 1 N–H and O–H groups in total. The average Bonchev–Trinajstić information content (AvgIpc) is 3.25. The van der Waals surface area contributed by atoms with Crippen molar-refractivity contribution in [2.24, 2.45) is 5.92 Å². The first-order valence-electron chi connectivity index (χ1n) is 11.8. The number of benzene rings is 1. The van der Waals surface area contributed by atoms with Gasteiger partial charge in [0, 0.05) is 31.6 Å². The molecule has 1 amide bonds. The largest absolute Gasteiger partial charge is 0.497 e. The third-order valence-electron chi connectivity index (χ3n) is 6.91. The molecule has 170 valence electrons. The van der Waals surface area contributed by atoms with Crippen molar-refractivity contribution in [2.45, 2.75) is 57.4 Å². The van der Waals surface area contributed by atoms with Gasteiger partial charge in [-0.25, -0.2) is 4.98 Å². The number of hydrogen-bond acceptors (Lipinski definition) is 6. The van der Waals surface area contributed by atoms with Crippen molar-refractivity contribution in [1.29, 1.82) is 0 Å². The molecular formula is C24H36N4O2S. The van der Waals surface area contributed by atoms with Crippen LogP contribution in [0.3, 0.4) is 0 Å². The summed E-state index contributed by atoms with van der Waals surface area (Å²) in [7, 11) is 3.93. The predicted octanol–water partition coefficient (Wildman–Crippen LogP) is 4.29. The van der Waals surface area contributed by atoms with Crippen LogP contribution in [0.15, 0.2) is 18.2 Å². The molecule has 1 saturated heterocycles. The van der Waals surface area contributed by atoms with Gasteiger partial charge in [0.2, 0.25) is 5.91 Å². The fourth-order valence-corrected chi connectivity index (χ4v) is 5.92. The lowest BCUT2D eigenvalue weighted by molar-refractivity contribution is -0.125. The molecule has 2 aliphatic rings. The Balaban J connectivity index is 1.18. The number of carbonyl (C=O) groups is 1. The lowest BCUT2D eigenvalue weighted by atomic mass is 9.94. The van der Waals surface area contributed by atoms with E-state index >= 15 is 0 Å². The Labute approximate surface area is 190 Å². The van der Waals surface area contributed by atoms with Crippen LogP contribution in [-0.4, -0.2) is 62.2 Å². The highest BCUT2D eigenvalue weighted by Crippen LogP contribution is 2.33. The van der Waals surface area contributed by atoms with Crippen LogP contribution < -0.4 is 15.0 Å². The quantitative estimate of drug-likeness (QED) is 0.616. The van der Waals surface area contributed by atoms with Crippen LogP contribution in [-0.2, 0) is 4.79 Å². The molecule has 1 saturated carbocycles. The number of ether oxygens (including phenoxy) is 1. The number of rotatable bonds is 8. The third-order valence-corrected chi connectivity index (χ3v) is 7.98. The van der Waals surface area contributed by atoms with Crippen molar-refractivity contribution in [3.8, 4) is 5.75 Å². The summed E-state index contributed by atoms with van der Waals surface area (Å²) in [5.41, 5.74) is 1.01. The number of aromatic nitrogens is 1. The van der Waals surface area contributed by atoms with Crippen LogP contribution in [0.1, 0.15) is 51.4 Å². The minimum atomic E-state index is 0.127. The fourth-order valence-electron chi connectivity index (χ4n) is 4.88. The summed E-state index contributed by atoms with van der Waals surface area (Å²) in [6.07, 6.45) is 9.64. The second kappa shape index (κ2) is 10.6. The molecule has 0 atom stereocenters. The minimum absolute atomic E-state index is 0.127. The maximum atomic E-state index is 12.6. The molecular weight excluding hydrogens is 408 g/mol. The summed E-state index contributed by atoms with van der Waals surface area (Å²) in [6.45, 7) is 3.64. The number of amides is 1. The van der Waals surface area contributed by atoms with Gasteiger partial charge in [0.25, 0.3) is 0 Å². The molecule has 0 bridgehead atoms. The highest BCUT2D eigenvalue weighted by molar-refractivity contribution is 7.22. The number of nitrogens with zero attached hydrogens (tertiary/aromatic N) is 3. The fraction of sp³-hybridized carbons (Fsp3) is 0.667. The van der Waals surface area contributed by atoms with E-state index in [9.17, 15) is 4.79 Å². The minimum Gasteiger partial charge on any atom is -0.497 e. The van der Waals surface area contributed by atoms with E-state index in [0.717, 1.165) is 72.6 Å². The summed E-state index contributed by atoms with van der Waals surface area (Å²) < 4.78 is 6.47. The monoisotopic (exact) mass is 444 g/mol. The standard InChI is InChI=1S/C24H36N4O2S/c1-27(19-7-4-3-5-8-19)14-6-13-25-23(29)18-11-15-28(16-12-18)24-26-21-10-9-20(30-2)17-22(21)31-24/h9-10,17-19H,3-8,11-16H2,1-2H3,(H,25,29). The summed E-state index contributed by atoms with van der Waals surface area (Å²) in [5, 5.41) is 4.24. The van der Waals surface area contributed by atoms with Crippen molar-refractivity contribution in [2.75, 3.05) is 45.2 Å². The lowest BCUT2D eigenvalue weighted by Gasteiger charge is -2.32. The summed E-state index contributed by atoms with van der Waals surface area (Å²) >= 11 is 1.70. The Morgan fingerprint density at radius 1 is 1.23 bits per heavy atom. The van der Waals surface area contributed by atoms with E-state index < -0.39 is 0 Å². The molecule has 2 fully saturated rings. The molecule has 0 spiro atoms. The van der Waals surface area contributed by atoms with Crippen molar-refractivity contribution < 1.29 is 9.53 Å². The van der Waals surface area contributed by atoms with Crippen molar-refractivity contribution >= 4 is 32.6 Å². The maximum absolute atomic E-state index is 12.6. The van der Waals surface area contributed by atoms with Gasteiger partial charge >= 0.3 is 0 Å². The summed E-state index contributed by atoms with van der Waals surface area (Å²) in [6, 6.07) is 6.76. The van der Waals surface area contributed by atoms with E-state index in [-0.39, 0.29) is 11.8 Å². The van der Waals surface area contributed by atoms with Crippen molar-refractivity contribution in [3.63, 3.8) is 0 Å². The molecule has 1 aliphatic carbocycles. The number of anilines is 1. The van der Waals surface area contributed by atoms with E-state index in [1.807, 2.05) is 18.2 Å². The van der Waals surface area contributed by atoms with E-state index in [0.29, 0.717) is 0 Å². The molecule has 6 nitrogen and oxygen atoms in total. The van der Waals surface area contributed by atoms with Gasteiger partial charge in [-0.15, -0.1) is 0 Å². The average molecular weight is 445 g/mol. The Kier molecular flexibility index (Phi) is 7.67. The highest BCUT2D eigenvalue weighted by Gasteiger charge is 2.26. The van der Waals surface area contributed by atoms with Gasteiger partial charge < -0.3 is 19.9 Å². The number of piperidine rings is 1. The van der Waals surface area contributed by atoms with Gasteiger partial charge in [0.15, 0.2) is 5.13 Å². The van der Waals surface area contributed by atoms with Crippen molar-refractivity contribution in [3.05, 3.63) is 18.2 Å². The van der Waals surface area contributed by atoms with Crippen LogP contribution in [0.25, 0.3) is 10.2 Å². The molecule has 31 heavy (non-hydrogen) atoms. The van der Waals surface area contributed by atoms with E-state index in [2.05, 4.69) is 22.2 Å². The zero-order chi connectivity index (χ0) is 21.6. The van der Waals surface area contributed by atoms with Gasteiger partial charge in [-0.05, 0) is 63.9 Å². The highest BCUT2D eigenvalue weighted by atomic mass is 32.1. The number of methoxy groups -OCH3 is 1. The molecule has 1 aliphatic heterocycles. The third kappa shape index (κ3) is 5.69. The van der Waals surface area contributed by atoms with Crippen LogP contribution in [0.5, 0.6) is 5.75 Å². The lowest BCUT2D eigenvalue weighted by Crippen LogP contribution is -2.41. The first kappa shape index (κ1) is 22.3. The Bertz CT molecular complexity index is 856. The van der Waals surface area contributed by atoms with Gasteiger partial charge in [-0.3, -0.25) is 4.79 Å². The van der Waals surface area contributed by atoms with Gasteiger partial charge in [-0.2, -0.15) is 0 Å². The maximum Gasteiger partial charge on any atom is 0.223 e. The normalized spacial score (nSPS) is 18.6. The number of nitrogens with one attached hydrogen (secondary N) is 1. The smallest absolute Gasteiger partial charge is 0.223 e. The summed E-state index contributed by atoms with van der Waals surface area (Å²) in [4.78, 5) is 22.2. The first-order valence-corrected chi connectivity index (χ1v) is 12.6. The van der Waals surface area contributed by atoms with E-state index in [4.69, 9.17) is 9.72 Å². The zero-order valence-electron chi connectivity index (χ0n) is 18.9. The van der Waals surface area contributed by atoms with Crippen LogP contribution in [0.2, 0.25) is 0 Å². The van der Waals surface area contributed by atoms with Crippen molar-refractivity contribution in [1.82, 2.24) is 15.2 Å².